The zero-order valence-corrected chi connectivity index (χ0v) is 16.7. The van der Waals surface area contributed by atoms with Gasteiger partial charge in [0.25, 0.3) is 11.6 Å². The molecule has 1 aromatic rings. The molecule has 0 radical (unpaired) electrons. The number of nitrogens with one attached hydrogen (secondary N) is 3. The summed E-state index contributed by atoms with van der Waals surface area (Å²) in [7, 11) is 0. The smallest absolute Gasteiger partial charge is 0.270 e. The summed E-state index contributed by atoms with van der Waals surface area (Å²) in [4.78, 5) is 35.4. The van der Waals surface area contributed by atoms with Gasteiger partial charge in [-0.25, -0.2) is 0 Å². The van der Waals surface area contributed by atoms with Crippen molar-refractivity contribution in [1.82, 2.24) is 16.0 Å². The van der Waals surface area contributed by atoms with E-state index in [0.717, 1.165) is 31.7 Å². The molecule has 2 atom stereocenters. The minimum Gasteiger partial charge on any atom is -0.350 e. The molecule has 8 nitrogen and oxygen atoms in total. The monoisotopic (exact) mass is 416 g/mol. The molecule has 150 valence electrons. The van der Waals surface area contributed by atoms with Crippen molar-refractivity contribution in [3.63, 3.8) is 0 Å². The lowest BCUT2D eigenvalue weighted by atomic mass is 10.1. The van der Waals surface area contributed by atoms with Gasteiger partial charge in [0.1, 0.15) is 6.04 Å². The summed E-state index contributed by atoms with van der Waals surface area (Å²) < 4.78 is 0. The fraction of sp³-hybridized carbons (Fsp3) is 0.529. The molecule has 0 aromatic heterocycles. The van der Waals surface area contributed by atoms with Crippen molar-refractivity contribution in [3.05, 3.63) is 39.9 Å². The van der Waals surface area contributed by atoms with Crippen molar-refractivity contribution in [2.45, 2.75) is 31.3 Å². The first-order chi connectivity index (χ1) is 12.5. The number of nitrogens with zero attached hydrogens (tertiary/aromatic N) is 1. The highest BCUT2D eigenvalue weighted by atomic mass is 35.5. The van der Waals surface area contributed by atoms with Gasteiger partial charge in [-0.2, -0.15) is 11.8 Å². The SMILES string of the molecule is CSCCC(NC(=O)c1cccc([N+](=O)[O-])c1)C(=O)NC1CCCNC1.Cl. The van der Waals surface area contributed by atoms with Crippen LogP contribution in [0.25, 0.3) is 0 Å². The predicted molar refractivity (Wildman–Crippen MR) is 109 cm³/mol. The molecule has 0 aliphatic carbocycles. The van der Waals surface area contributed by atoms with E-state index >= 15 is 0 Å². The van der Waals surface area contributed by atoms with E-state index in [-0.39, 0.29) is 35.6 Å². The quantitative estimate of drug-likeness (QED) is 0.439. The van der Waals surface area contributed by atoms with Crippen LogP contribution in [-0.2, 0) is 4.79 Å². The molecule has 2 rings (SSSR count). The Morgan fingerprint density at radius 2 is 2.22 bits per heavy atom. The van der Waals surface area contributed by atoms with Crippen LogP contribution >= 0.6 is 24.2 Å². The Balaban J connectivity index is 0.00000364. The van der Waals surface area contributed by atoms with Gasteiger partial charge >= 0.3 is 0 Å². The molecule has 1 aliphatic heterocycles. The maximum Gasteiger partial charge on any atom is 0.270 e. The highest BCUT2D eigenvalue weighted by Gasteiger charge is 2.24. The minimum absolute atomic E-state index is 0. The van der Waals surface area contributed by atoms with E-state index in [4.69, 9.17) is 0 Å². The minimum atomic E-state index is -0.670. The molecule has 0 spiro atoms. The Hall–Kier alpha value is -1.84. The first-order valence-electron chi connectivity index (χ1n) is 8.56. The highest BCUT2D eigenvalue weighted by molar-refractivity contribution is 7.98. The summed E-state index contributed by atoms with van der Waals surface area (Å²) in [6, 6.07) is 4.88. The van der Waals surface area contributed by atoms with E-state index in [1.807, 2.05) is 6.26 Å². The van der Waals surface area contributed by atoms with Gasteiger partial charge in [-0.05, 0) is 43.9 Å². The van der Waals surface area contributed by atoms with E-state index in [2.05, 4.69) is 16.0 Å². The zero-order chi connectivity index (χ0) is 18.9. The Kier molecular flexibility index (Phi) is 10.1. The van der Waals surface area contributed by atoms with Crippen LogP contribution in [0, 0.1) is 10.1 Å². The summed E-state index contributed by atoms with van der Waals surface area (Å²) >= 11 is 1.59. The molecular weight excluding hydrogens is 392 g/mol. The first-order valence-corrected chi connectivity index (χ1v) is 9.96. The summed E-state index contributed by atoms with van der Waals surface area (Å²) in [5, 5.41) is 19.8. The normalized spacial score (nSPS) is 17.3. The average Bonchev–Trinajstić information content (AvgIpc) is 2.65. The molecule has 1 aromatic carbocycles. The fourth-order valence-corrected chi connectivity index (χ4v) is 3.26. The molecule has 3 N–H and O–H groups in total. The molecular formula is C17H25ClN4O4S. The summed E-state index contributed by atoms with van der Waals surface area (Å²) in [5.41, 5.74) is 0.0107. The van der Waals surface area contributed by atoms with E-state index < -0.39 is 16.9 Å². The lowest BCUT2D eigenvalue weighted by molar-refractivity contribution is -0.384. The average molecular weight is 417 g/mol. The zero-order valence-electron chi connectivity index (χ0n) is 15.1. The van der Waals surface area contributed by atoms with Crippen LogP contribution in [0.15, 0.2) is 24.3 Å². The molecule has 0 saturated carbocycles. The van der Waals surface area contributed by atoms with E-state index in [0.29, 0.717) is 6.42 Å². The van der Waals surface area contributed by atoms with E-state index in [1.54, 1.807) is 11.8 Å². The number of carbonyl (C=O) groups is 2. The Bertz CT molecular complexity index is 656. The van der Waals surface area contributed by atoms with Gasteiger partial charge < -0.3 is 16.0 Å². The molecule has 10 heteroatoms. The largest absolute Gasteiger partial charge is 0.350 e. The van der Waals surface area contributed by atoms with Crippen molar-refractivity contribution in [2.24, 2.45) is 0 Å². The third-order valence-corrected chi connectivity index (χ3v) is 4.84. The van der Waals surface area contributed by atoms with Crippen molar-refractivity contribution in [2.75, 3.05) is 25.1 Å². The second-order valence-electron chi connectivity index (χ2n) is 6.17. The number of hydrogen-bond donors (Lipinski definition) is 3. The third kappa shape index (κ3) is 7.36. The number of hydrogen-bond acceptors (Lipinski definition) is 6. The van der Waals surface area contributed by atoms with Gasteiger partial charge in [0.15, 0.2) is 0 Å². The topological polar surface area (TPSA) is 113 Å². The van der Waals surface area contributed by atoms with Gasteiger partial charge in [-0.15, -0.1) is 12.4 Å². The number of halogens is 1. The molecule has 1 saturated heterocycles. The maximum atomic E-state index is 12.6. The molecule has 2 unspecified atom stereocenters. The van der Waals surface area contributed by atoms with Crippen LogP contribution < -0.4 is 16.0 Å². The van der Waals surface area contributed by atoms with E-state index in [9.17, 15) is 19.7 Å². The van der Waals surface area contributed by atoms with Crippen LogP contribution in [0.3, 0.4) is 0 Å². The number of amides is 2. The number of nitro benzene ring substituents is 1. The maximum absolute atomic E-state index is 12.6. The standard InChI is InChI=1S/C17H24N4O4S.ClH/c1-26-9-7-15(17(23)19-13-5-3-8-18-11-13)20-16(22)12-4-2-6-14(10-12)21(24)25;/h2,4,6,10,13,15,18H,3,5,7-9,11H2,1H3,(H,19,23)(H,20,22);1H. The number of thioether (sulfide) groups is 1. The van der Waals surface area contributed by atoms with Crippen LogP contribution in [0.4, 0.5) is 5.69 Å². The molecule has 1 aliphatic rings. The highest BCUT2D eigenvalue weighted by Crippen LogP contribution is 2.13. The summed E-state index contributed by atoms with van der Waals surface area (Å²) in [6.07, 6.45) is 4.34. The Morgan fingerprint density at radius 3 is 2.85 bits per heavy atom. The molecule has 2 amide bonds. The third-order valence-electron chi connectivity index (χ3n) is 4.19. The van der Waals surface area contributed by atoms with Crippen LogP contribution in [0.5, 0.6) is 0 Å². The number of carbonyl (C=O) groups excluding carboxylic acids is 2. The number of non-ortho nitro benzene ring substituents is 1. The van der Waals surface area contributed by atoms with Gasteiger partial charge in [0, 0.05) is 30.3 Å². The van der Waals surface area contributed by atoms with E-state index in [1.165, 1.54) is 24.3 Å². The van der Waals surface area contributed by atoms with Gasteiger partial charge in [-0.3, -0.25) is 19.7 Å². The van der Waals surface area contributed by atoms with Crippen molar-refractivity contribution in [3.8, 4) is 0 Å². The predicted octanol–water partition coefficient (Wildman–Crippen LogP) is 1.74. The summed E-state index contributed by atoms with van der Waals surface area (Å²) in [5.74, 6) is 0.0132. The number of benzene rings is 1. The van der Waals surface area contributed by atoms with Crippen molar-refractivity contribution >= 4 is 41.7 Å². The van der Waals surface area contributed by atoms with Crippen molar-refractivity contribution < 1.29 is 14.5 Å². The lowest BCUT2D eigenvalue weighted by Crippen LogP contribution is -2.53. The van der Waals surface area contributed by atoms with Crippen molar-refractivity contribution in [1.29, 1.82) is 0 Å². The second kappa shape index (κ2) is 11.8. The van der Waals surface area contributed by atoms with Crippen LogP contribution in [0.2, 0.25) is 0 Å². The Morgan fingerprint density at radius 1 is 1.44 bits per heavy atom. The Labute approximate surface area is 168 Å². The fourth-order valence-electron chi connectivity index (χ4n) is 2.78. The molecule has 1 fully saturated rings. The summed E-state index contributed by atoms with van der Waals surface area (Å²) in [6.45, 7) is 1.67. The molecule has 27 heavy (non-hydrogen) atoms. The van der Waals surface area contributed by atoms with Crippen LogP contribution in [0.1, 0.15) is 29.6 Å². The lowest BCUT2D eigenvalue weighted by Gasteiger charge is -2.26. The molecule has 1 heterocycles. The van der Waals surface area contributed by atoms with Gasteiger partial charge in [-0.1, -0.05) is 6.07 Å². The molecule has 0 bridgehead atoms. The number of piperidine rings is 1. The number of nitro groups is 1. The van der Waals surface area contributed by atoms with Crippen LogP contribution in [-0.4, -0.2) is 53.9 Å². The second-order valence-corrected chi connectivity index (χ2v) is 7.15. The van der Waals surface area contributed by atoms with Gasteiger partial charge in [0.05, 0.1) is 4.92 Å². The number of rotatable bonds is 8. The first kappa shape index (κ1) is 23.2. The van der Waals surface area contributed by atoms with Gasteiger partial charge in [0.2, 0.25) is 5.91 Å².